The Balaban J connectivity index is -0.0000000800. The van der Waals surface area contributed by atoms with Crippen molar-refractivity contribution in [2.75, 3.05) is 0 Å². The van der Waals surface area contributed by atoms with Gasteiger partial charge >= 0.3 is 131 Å². The van der Waals surface area contributed by atoms with E-state index >= 15 is 0 Å². The zero-order chi connectivity index (χ0) is 4.50. The van der Waals surface area contributed by atoms with Gasteiger partial charge in [-0.25, -0.2) is 0 Å². The van der Waals surface area contributed by atoms with Gasteiger partial charge in [-0.3, -0.25) is 0 Å². The van der Waals surface area contributed by atoms with Crippen molar-refractivity contribution >= 4 is 66.3 Å². The summed E-state index contributed by atoms with van der Waals surface area (Å²) in [6.07, 6.45) is 0. The zero-order valence-corrected chi connectivity index (χ0v) is 11.1. The van der Waals surface area contributed by atoms with Crippen LogP contribution in [0.2, 0.25) is 0 Å². The second-order valence-corrected chi connectivity index (χ2v) is 19.0. The molecule has 42 valence electrons. The van der Waals surface area contributed by atoms with E-state index in [1.807, 2.05) is 0 Å². The second-order valence-electron chi connectivity index (χ2n) is 0.258. The fourth-order valence-electron chi connectivity index (χ4n) is 0. The van der Waals surface area contributed by atoms with Crippen molar-refractivity contribution in [3.05, 3.63) is 0 Å². The van der Waals surface area contributed by atoms with Crippen LogP contribution in [0.1, 0.15) is 0 Å². The minimum absolute atomic E-state index is 0. The van der Waals surface area contributed by atoms with Crippen molar-refractivity contribution in [1.82, 2.24) is 0 Å². The van der Waals surface area contributed by atoms with Crippen LogP contribution in [0.25, 0.3) is 0 Å². The quantitative estimate of drug-likeness (QED) is 0.462. The Morgan fingerprint density at radius 1 is 0.857 bits per heavy atom. The van der Waals surface area contributed by atoms with Crippen molar-refractivity contribution < 1.29 is 64.2 Å². The first-order valence-corrected chi connectivity index (χ1v) is 11.2. The molecule has 0 atom stereocenters. The average molecular weight is 402 g/mol. The van der Waals surface area contributed by atoms with Crippen LogP contribution in [0.3, 0.4) is 0 Å². The second kappa shape index (κ2) is 8.63. The Hall–Kier alpha value is 4.54. The van der Waals surface area contributed by atoms with E-state index in [9.17, 15) is 0 Å². The van der Waals surface area contributed by atoms with Gasteiger partial charge in [0, 0.05) is 0 Å². The molecule has 7 heteroatoms. The topological polar surface area (TPSA) is 0 Å². The van der Waals surface area contributed by atoms with Crippen molar-refractivity contribution in [3.8, 4) is 0 Å². The molecule has 0 saturated heterocycles. The van der Waals surface area contributed by atoms with Crippen LogP contribution in [0.15, 0.2) is 0 Å². The molecule has 0 fully saturated rings. The molecule has 0 aliphatic carbocycles. The summed E-state index contributed by atoms with van der Waals surface area (Å²) in [5.41, 5.74) is 0. The standard InChI is InChI=1S/Au.4ClH.K.Na.H/h;4*1H;;;/q+3;;;;;+1;;/p-4. The third kappa shape index (κ3) is 37.3. The van der Waals surface area contributed by atoms with E-state index in [0.29, 0.717) is 0 Å². The molecular formula is HAuCl4KNa. The average Bonchev–Trinajstić information content (AvgIpc) is 0.722. The zero-order valence-electron chi connectivity index (χ0n) is 2.81. The molecule has 0 unspecified atom stereocenters. The first kappa shape index (κ1) is 17.6. The van der Waals surface area contributed by atoms with Gasteiger partial charge < -0.3 is 0 Å². The molecule has 0 spiro atoms. The molecule has 0 nitrogen and oxygen atoms in total. The van der Waals surface area contributed by atoms with Crippen LogP contribution >= 0.6 is 36.8 Å². The Kier molecular flexibility index (Phi) is 21.7. The normalized spacial score (nSPS) is 10.9. The van der Waals surface area contributed by atoms with Gasteiger partial charge in [-0.2, -0.15) is 0 Å². The molecule has 0 amide bonds. The van der Waals surface area contributed by atoms with Gasteiger partial charge in [-0.1, -0.05) is 0 Å². The molecule has 0 heterocycles. The molecule has 0 rings (SSSR count). The summed E-state index contributed by atoms with van der Waals surface area (Å²) in [4.78, 5) is 0. The SMILES string of the molecule is [Cl][Au-]([Cl])([Cl])[Cl].[K+].[NaH]. The fraction of sp³-hybridized carbons (Fsp3) is 0. The Bertz CT molecular complexity index is 27.2. The molecule has 0 saturated carbocycles. The maximum absolute atomic E-state index is 5.00. The molecule has 0 bridgehead atoms. The van der Waals surface area contributed by atoms with E-state index < -0.39 is 12.8 Å². The molecule has 0 aromatic heterocycles. The minimum atomic E-state index is -3.00. The summed E-state index contributed by atoms with van der Waals surface area (Å²) in [6.45, 7) is 0. The number of rotatable bonds is 0. The van der Waals surface area contributed by atoms with Crippen molar-refractivity contribution in [1.29, 1.82) is 0 Å². The summed E-state index contributed by atoms with van der Waals surface area (Å²) >= 11 is -3.00. The van der Waals surface area contributed by atoms with Crippen molar-refractivity contribution in [3.63, 3.8) is 0 Å². The van der Waals surface area contributed by atoms with Gasteiger partial charge in [0.25, 0.3) is 0 Å². The molecule has 0 aromatic rings. The van der Waals surface area contributed by atoms with E-state index in [1.54, 1.807) is 0 Å². The van der Waals surface area contributed by atoms with Gasteiger partial charge in [-0.15, -0.1) is 0 Å². The van der Waals surface area contributed by atoms with Crippen molar-refractivity contribution in [2.45, 2.75) is 0 Å². The summed E-state index contributed by atoms with van der Waals surface area (Å²) in [5, 5.41) is 0. The first-order chi connectivity index (χ1) is 2.00. The van der Waals surface area contributed by atoms with Crippen LogP contribution in [-0.2, 0) is 12.8 Å². The molecule has 0 N–H and O–H groups in total. The van der Waals surface area contributed by atoms with E-state index in [4.69, 9.17) is 36.8 Å². The van der Waals surface area contributed by atoms with E-state index in [-0.39, 0.29) is 80.9 Å². The van der Waals surface area contributed by atoms with Crippen LogP contribution in [0, 0.1) is 0 Å². The van der Waals surface area contributed by atoms with Crippen LogP contribution < -0.4 is 51.4 Å². The fourth-order valence-corrected chi connectivity index (χ4v) is 0. The molecule has 0 aliphatic rings. The van der Waals surface area contributed by atoms with E-state index in [2.05, 4.69) is 0 Å². The summed E-state index contributed by atoms with van der Waals surface area (Å²) < 4.78 is 0. The van der Waals surface area contributed by atoms with Gasteiger partial charge in [-0.05, 0) is 0 Å². The monoisotopic (exact) mass is 400 g/mol. The Labute approximate surface area is 127 Å². The molecule has 7 heavy (non-hydrogen) atoms. The third-order valence-electron chi connectivity index (χ3n) is 0. The van der Waals surface area contributed by atoms with Gasteiger partial charge in [0.15, 0.2) is 0 Å². The van der Waals surface area contributed by atoms with Crippen LogP contribution in [-0.4, -0.2) is 29.6 Å². The van der Waals surface area contributed by atoms with Gasteiger partial charge in [0.1, 0.15) is 0 Å². The maximum atomic E-state index is 5.00. The predicted molar refractivity (Wildman–Crippen MR) is 30.6 cm³/mol. The van der Waals surface area contributed by atoms with Gasteiger partial charge in [0.05, 0.1) is 0 Å². The number of hydrogen-bond acceptors (Lipinski definition) is 0. The molecule has 0 aliphatic heterocycles. The summed E-state index contributed by atoms with van der Waals surface area (Å²) in [6, 6.07) is 0. The molecule has 0 radical (unpaired) electrons. The molecular weight excluding hydrogens is 401 g/mol. The number of halogens is 4. The summed E-state index contributed by atoms with van der Waals surface area (Å²) in [7, 11) is 20.0. The summed E-state index contributed by atoms with van der Waals surface area (Å²) in [5.74, 6) is 0. The first-order valence-electron chi connectivity index (χ1n) is 0.456. The third-order valence-corrected chi connectivity index (χ3v) is 0. The Morgan fingerprint density at radius 2 is 0.857 bits per heavy atom. The Morgan fingerprint density at radius 3 is 0.857 bits per heavy atom. The van der Waals surface area contributed by atoms with Crippen molar-refractivity contribution in [2.24, 2.45) is 0 Å². The molecule has 0 aromatic carbocycles. The van der Waals surface area contributed by atoms with Crippen LogP contribution in [0.5, 0.6) is 0 Å². The van der Waals surface area contributed by atoms with E-state index in [1.165, 1.54) is 0 Å². The number of hydrogen-bond donors (Lipinski definition) is 0. The predicted octanol–water partition coefficient (Wildman–Crippen LogP) is -0.889. The van der Waals surface area contributed by atoms with E-state index in [0.717, 1.165) is 0 Å². The van der Waals surface area contributed by atoms with Crippen LogP contribution in [0.4, 0.5) is 0 Å². The van der Waals surface area contributed by atoms with Gasteiger partial charge in [0.2, 0.25) is 0 Å².